The normalized spacial score (nSPS) is 19.6. The van der Waals surface area contributed by atoms with E-state index in [1.807, 2.05) is 7.05 Å². The van der Waals surface area contributed by atoms with Crippen LogP contribution in [0, 0.1) is 5.92 Å². The summed E-state index contributed by atoms with van der Waals surface area (Å²) in [7, 11) is 1.82. The van der Waals surface area contributed by atoms with E-state index >= 15 is 0 Å². The molecule has 1 heterocycles. The molecule has 0 saturated carbocycles. The van der Waals surface area contributed by atoms with Crippen molar-refractivity contribution >= 4 is 5.96 Å². The average Bonchev–Trinajstić information content (AvgIpc) is 2.40. The van der Waals surface area contributed by atoms with Crippen molar-refractivity contribution in [3.63, 3.8) is 0 Å². The first-order valence-electron chi connectivity index (χ1n) is 7.00. The Kier molecular flexibility index (Phi) is 7.76. The van der Waals surface area contributed by atoms with Crippen LogP contribution in [0.1, 0.15) is 20.3 Å². The molecule has 2 N–H and O–H groups in total. The lowest BCUT2D eigenvalue weighted by Crippen LogP contribution is -2.44. The predicted octanol–water partition coefficient (Wildman–Crippen LogP) is 0.530. The van der Waals surface area contributed by atoms with Gasteiger partial charge in [0.15, 0.2) is 5.96 Å². The largest absolute Gasteiger partial charge is 0.379 e. The summed E-state index contributed by atoms with van der Waals surface area (Å²) < 4.78 is 5.35. The summed E-state index contributed by atoms with van der Waals surface area (Å²) in [6, 6.07) is 0. The van der Waals surface area contributed by atoms with Gasteiger partial charge >= 0.3 is 0 Å². The van der Waals surface area contributed by atoms with E-state index in [0.29, 0.717) is 5.92 Å². The Balaban J connectivity index is 2.16. The SMILES string of the molecule is CCCNC(=NC)NCC(C)CN1CCOCC1. The molecule has 1 rings (SSSR count). The van der Waals surface area contributed by atoms with Crippen molar-refractivity contribution in [2.75, 3.05) is 53.0 Å². The highest BCUT2D eigenvalue weighted by Crippen LogP contribution is 2.02. The maximum Gasteiger partial charge on any atom is 0.190 e. The Morgan fingerprint density at radius 3 is 2.67 bits per heavy atom. The number of morpholine rings is 1. The maximum atomic E-state index is 5.35. The van der Waals surface area contributed by atoms with E-state index in [1.165, 1.54) is 0 Å². The summed E-state index contributed by atoms with van der Waals surface area (Å²) in [5.41, 5.74) is 0. The van der Waals surface area contributed by atoms with Crippen LogP contribution in [0.3, 0.4) is 0 Å². The Hall–Kier alpha value is -0.810. The van der Waals surface area contributed by atoms with E-state index in [9.17, 15) is 0 Å². The third kappa shape index (κ3) is 6.21. The molecule has 0 aromatic carbocycles. The topological polar surface area (TPSA) is 48.9 Å². The lowest BCUT2D eigenvalue weighted by Gasteiger charge is -2.29. The smallest absolute Gasteiger partial charge is 0.190 e. The van der Waals surface area contributed by atoms with Gasteiger partial charge in [-0.25, -0.2) is 0 Å². The minimum absolute atomic E-state index is 0.614. The van der Waals surface area contributed by atoms with E-state index < -0.39 is 0 Å². The first-order chi connectivity index (χ1) is 8.76. The van der Waals surface area contributed by atoms with E-state index in [4.69, 9.17) is 4.74 Å². The zero-order chi connectivity index (χ0) is 13.2. The number of aliphatic imine (C=N–C) groups is 1. The second kappa shape index (κ2) is 9.16. The number of nitrogens with zero attached hydrogens (tertiary/aromatic N) is 2. The molecular formula is C13H28N4O. The van der Waals surface area contributed by atoms with Crippen molar-refractivity contribution in [2.45, 2.75) is 20.3 Å². The van der Waals surface area contributed by atoms with Crippen LogP contribution in [0.15, 0.2) is 4.99 Å². The number of guanidine groups is 1. The van der Waals surface area contributed by atoms with E-state index in [1.54, 1.807) is 0 Å². The molecule has 0 bridgehead atoms. The van der Waals surface area contributed by atoms with Gasteiger partial charge in [0.05, 0.1) is 13.2 Å². The molecule has 1 fully saturated rings. The van der Waals surface area contributed by atoms with Crippen molar-refractivity contribution in [2.24, 2.45) is 10.9 Å². The van der Waals surface area contributed by atoms with Crippen molar-refractivity contribution in [1.29, 1.82) is 0 Å². The van der Waals surface area contributed by atoms with Gasteiger partial charge in [-0.2, -0.15) is 0 Å². The summed E-state index contributed by atoms with van der Waals surface area (Å²) in [5, 5.41) is 6.66. The van der Waals surface area contributed by atoms with Gasteiger partial charge in [0, 0.05) is 39.8 Å². The molecule has 1 saturated heterocycles. The molecule has 5 heteroatoms. The average molecular weight is 256 g/mol. The fourth-order valence-corrected chi connectivity index (χ4v) is 2.02. The maximum absolute atomic E-state index is 5.35. The molecule has 0 radical (unpaired) electrons. The Morgan fingerprint density at radius 1 is 1.33 bits per heavy atom. The third-order valence-electron chi connectivity index (χ3n) is 3.06. The number of ether oxygens (including phenoxy) is 1. The van der Waals surface area contributed by atoms with Gasteiger partial charge in [0.1, 0.15) is 0 Å². The lowest BCUT2D eigenvalue weighted by molar-refractivity contribution is 0.0320. The fourth-order valence-electron chi connectivity index (χ4n) is 2.02. The standard InChI is InChI=1S/C13H28N4O/c1-4-5-15-13(14-3)16-10-12(2)11-17-6-8-18-9-7-17/h12H,4-11H2,1-3H3,(H2,14,15,16). The van der Waals surface area contributed by atoms with E-state index in [-0.39, 0.29) is 0 Å². The Morgan fingerprint density at radius 2 is 2.06 bits per heavy atom. The summed E-state index contributed by atoms with van der Waals surface area (Å²) >= 11 is 0. The number of rotatable bonds is 6. The third-order valence-corrected chi connectivity index (χ3v) is 3.06. The minimum atomic E-state index is 0.614. The molecule has 18 heavy (non-hydrogen) atoms. The molecule has 1 unspecified atom stereocenters. The Labute approximate surface area is 111 Å². The second-order valence-corrected chi connectivity index (χ2v) is 4.90. The van der Waals surface area contributed by atoms with Gasteiger partial charge in [-0.05, 0) is 12.3 Å². The van der Waals surface area contributed by atoms with Crippen molar-refractivity contribution < 1.29 is 4.74 Å². The highest BCUT2D eigenvalue weighted by Gasteiger charge is 2.13. The van der Waals surface area contributed by atoms with Crippen LogP contribution < -0.4 is 10.6 Å². The van der Waals surface area contributed by atoms with Crippen LogP contribution in [-0.4, -0.2) is 63.8 Å². The summed E-state index contributed by atoms with van der Waals surface area (Å²) in [5.74, 6) is 1.52. The molecule has 0 aromatic heterocycles. The number of nitrogens with one attached hydrogen (secondary N) is 2. The van der Waals surface area contributed by atoms with Crippen molar-refractivity contribution in [3.05, 3.63) is 0 Å². The van der Waals surface area contributed by atoms with Crippen LogP contribution in [0.2, 0.25) is 0 Å². The van der Waals surface area contributed by atoms with Crippen LogP contribution in [0.25, 0.3) is 0 Å². The van der Waals surface area contributed by atoms with E-state index in [2.05, 4.69) is 34.4 Å². The van der Waals surface area contributed by atoms with Crippen LogP contribution in [-0.2, 0) is 4.74 Å². The van der Waals surface area contributed by atoms with Crippen molar-refractivity contribution in [1.82, 2.24) is 15.5 Å². The molecule has 106 valence electrons. The highest BCUT2D eigenvalue weighted by atomic mass is 16.5. The van der Waals surface area contributed by atoms with Crippen LogP contribution in [0.4, 0.5) is 0 Å². The van der Waals surface area contributed by atoms with Gasteiger partial charge in [0.2, 0.25) is 0 Å². The zero-order valence-corrected chi connectivity index (χ0v) is 12.0. The molecule has 0 aromatic rings. The van der Waals surface area contributed by atoms with Gasteiger partial charge < -0.3 is 15.4 Å². The highest BCUT2D eigenvalue weighted by molar-refractivity contribution is 5.79. The first kappa shape index (κ1) is 15.2. The molecule has 1 aliphatic heterocycles. The van der Waals surface area contributed by atoms with Gasteiger partial charge in [0.25, 0.3) is 0 Å². The van der Waals surface area contributed by atoms with Gasteiger partial charge in [-0.15, -0.1) is 0 Å². The van der Waals surface area contributed by atoms with Gasteiger partial charge in [-0.1, -0.05) is 13.8 Å². The predicted molar refractivity (Wildman–Crippen MR) is 76.1 cm³/mol. The van der Waals surface area contributed by atoms with Crippen LogP contribution >= 0.6 is 0 Å². The molecule has 5 nitrogen and oxygen atoms in total. The fraction of sp³-hybridized carbons (Fsp3) is 0.923. The Bertz CT molecular complexity index is 239. The minimum Gasteiger partial charge on any atom is -0.379 e. The summed E-state index contributed by atoms with van der Waals surface area (Å²) in [6.45, 7) is 11.4. The molecule has 1 atom stereocenters. The zero-order valence-electron chi connectivity index (χ0n) is 12.0. The van der Waals surface area contributed by atoms with Crippen molar-refractivity contribution in [3.8, 4) is 0 Å². The summed E-state index contributed by atoms with van der Waals surface area (Å²) in [6.07, 6.45) is 1.12. The molecule has 1 aliphatic rings. The van der Waals surface area contributed by atoms with Gasteiger partial charge in [-0.3, -0.25) is 9.89 Å². The van der Waals surface area contributed by atoms with E-state index in [0.717, 1.165) is 58.3 Å². The number of hydrogen-bond donors (Lipinski definition) is 2. The summed E-state index contributed by atoms with van der Waals surface area (Å²) in [4.78, 5) is 6.68. The molecule has 0 aliphatic carbocycles. The lowest BCUT2D eigenvalue weighted by atomic mass is 10.1. The molecule has 0 spiro atoms. The second-order valence-electron chi connectivity index (χ2n) is 4.90. The molecular weight excluding hydrogens is 228 g/mol. The molecule has 0 amide bonds. The van der Waals surface area contributed by atoms with Crippen LogP contribution in [0.5, 0.6) is 0 Å². The number of hydrogen-bond acceptors (Lipinski definition) is 3. The monoisotopic (exact) mass is 256 g/mol. The quantitative estimate of drug-likeness (QED) is 0.538. The first-order valence-corrected chi connectivity index (χ1v) is 7.00.